The first-order valence-electron chi connectivity index (χ1n) is 2.67. The highest BCUT2D eigenvalue weighted by Crippen LogP contribution is 2.28. The third-order valence-corrected chi connectivity index (χ3v) is 1.67. The van der Waals surface area contributed by atoms with Crippen LogP contribution in [0.2, 0.25) is 0 Å². The molecule has 0 atom stereocenters. The minimum absolute atomic E-state index is 0. The Bertz CT molecular complexity index is 125. The van der Waals surface area contributed by atoms with Gasteiger partial charge in [0.2, 0.25) is 0 Å². The minimum Gasteiger partial charge on any atom is -0.480 e. The first kappa shape index (κ1) is 12.7. The smallest absolute Gasteiger partial charge is 0.323 e. The maximum Gasteiger partial charge on any atom is 0.323 e. The van der Waals surface area contributed by atoms with Crippen LogP contribution in [0, 0.1) is 0 Å². The number of aliphatic carboxylic acids is 1. The Morgan fingerprint density at radius 1 is 1.40 bits per heavy atom. The molecule has 1 fully saturated rings. The number of nitrogens with two attached hydrogens (primary N) is 1. The molecule has 1 aliphatic rings. The van der Waals surface area contributed by atoms with Crippen molar-refractivity contribution in [3.63, 3.8) is 0 Å². The molecule has 1 saturated carbocycles. The van der Waals surface area contributed by atoms with E-state index in [2.05, 4.69) is 0 Å². The van der Waals surface area contributed by atoms with Crippen LogP contribution in [0.4, 0.5) is 0 Å². The molecular weight excluding hydrogens is 177 g/mol. The van der Waals surface area contributed by atoms with Gasteiger partial charge in [-0.1, -0.05) is 0 Å². The van der Waals surface area contributed by atoms with Crippen molar-refractivity contribution in [3.05, 3.63) is 0 Å². The maximum absolute atomic E-state index is 10.2. The van der Waals surface area contributed by atoms with E-state index in [0.29, 0.717) is 12.8 Å². The minimum atomic E-state index is -0.861. The Labute approximate surface area is 71.8 Å². The molecule has 1 rings (SSSR count). The number of halogens is 2. The third-order valence-electron chi connectivity index (χ3n) is 1.67. The lowest BCUT2D eigenvalue weighted by atomic mass is 9.78. The molecule has 10 heavy (non-hydrogen) atoms. The fraction of sp³-hybridized carbons (Fsp3) is 0.800. The van der Waals surface area contributed by atoms with Crippen molar-refractivity contribution in [1.82, 2.24) is 0 Å². The number of hydrogen-bond donors (Lipinski definition) is 2. The van der Waals surface area contributed by atoms with Crippen LogP contribution < -0.4 is 5.73 Å². The fourth-order valence-corrected chi connectivity index (χ4v) is 0.772. The van der Waals surface area contributed by atoms with Crippen molar-refractivity contribution in [2.75, 3.05) is 0 Å². The summed E-state index contributed by atoms with van der Waals surface area (Å²) in [6.07, 6.45) is 2.24. The van der Waals surface area contributed by atoms with E-state index in [9.17, 15) is 4.79 Å². The topological polar surface area (TPSA) is 63.3 Å². The number of hydrogen-bond acceptors (Lipinski definition) is 2. The average molecular weight is 188 g/mol. The van der Waals surface area contributed by atoms with Crippen molar-refractivity contribution in [2.24, 2.45) is 5.73 Å². The summed E-state index contributed by atoms with van der Waals surface area (Å²) in [6.45, 7) is 0. The Morgan fingerprint density at radius 3 is 1.80 bits per heavy atom. The summed E-state index contributed by atoms with van der Waals surface area (Å²) < 4.78 is 0. The van der Waals surface area contributed by atoms with Gasteiger partial charge in [0.15, 0.2) is 0 Å². The fourth-order valence-electron chi connectivity index (χ4n) is 0.772. The quantitative estimate of drug-likeness (QED) is 0.639. The van der Waals surface area contributed by atoms with Crippen LogP contribution in [0.1, 0.15) is 19.3 Å². The third kappa shape index (κ3) is 2.01. The zero-order valence-corrected chi connectivity index (χ0v) is 7.00. The maximum atomic E-state index is 10.2. The van der Waals surface area contributed by atoms with Gasteiger partial charge in [-0.15, -0.1) is 24.8 Å². The molecule has 0 saturated heterocycles. The molecule has 1 aliphatic carbocycles. The zero-order chi connectivity index (χ0) is 6.20. The van der Waals surface area contributed by atoms with Crippen LogP contribution in [0.3, 0.4) is 0 Å². The highest BCUT2D eigenvalue weighted by Gasteiger charge is 2.39. The van der Waals surface area contributed by atoms with Gasteiger partial charge >= 0.3 is 5.97 Å². The molecule has 62 valence electrons. The first-order valence-corrected chi connectivity index (χ1v) is 2.67. The van der Waals surface area contributed by atoms with E-state index in [1.165, 1.54) is 0 Å². The second-order valence-corrected chi connectivity index (χ2v) is 2.31. The summed E-state index contributed by atoms with van der Waals surface area (Å²) in [5.41, 5.74) is 4.48. The predicted molar refractivity (Wildman–Crippen MR) is 42.9 cm³/mol. The van der Waals surface area contributed by atoms with E-state index in [4.69, 9.17) is 10.8 Å². The van der Waals surface area contributed by atoms with E-state index in [1.54, 1.807) is 0 Å². The van der Waals surface area contributed by atoms with Gasteiger partial charge in [-0.05, 0) is 19.3 Å². The van der Waals surface area contributed by atoms with Crippen molar-refractivity contribution in [3.8, 4) is 0 Å². The molecule has 0 unspecified atom stereocenters. The largest absolute Gasteiger partial charge is 0.480 e. The molecule has 0 bridgehead atoms. The van der Waals surface area contributed by atoms with Gasteiger partial charge in [0.25, 0.3) is 0 Å². The van der Waals surface area contributed by atoms with E-state index in [-0.39, 0.29) is 24.8 Å². The predicted octanol–water partition coefficient (Wildman–Crippen LogP) is 0.796. The van der Waals surface area contributed by atoms with Gasteiger partial charge in [-0.3, -0.25) is 4.79 Å². The number of carboxylic acid groups (broad SMARTS) is 1. The van der Waals surface area contributed by atoms with E-state index in [1.807, 2.05) is 0 Å². The Morgan fingerprint density at radius 2 is 1.80 bits per heavy atom. The van der Waals surface area contributed by atoms with Crippen LogP contribution in [0.25, 0.3) is 0 Å². The number of carbonyl (C=O) groups is 1. The summed E-state index contributed by atoms with van der Waals surface area (Å²) in [7, 11) is 0. The highest BCUT2D eigenvalue weighted by atomic mass is 35.5. The van der Waals surface area contributed by atoms with Crippen LogP contribution in [-0.4, -0.2) is 16.6 Å². The lowest BCUT2D eigenvalue weighted by Gasteiger charge is -2.32. The van der Waals surface area contributed by atoms with Crippen molar-refractivity contribution in [2.45, 2.75) is 24.8 Å². The molecule has 0 aromatic rings. The molecule has 0 spiro atoms. The first-order chi connectivity index (χ1) is 3.65. The molecule has 0 radical (unpaired) electrons. The summed E-state index contributed by atoms with van der Waals surface area (Å²) in [6, 6.07) is 0. The number of rotatable bonds is 1. The molecule has 3 nitrogen and oxygen atoms in total. The molecule has 0 amide bonds. The second-order valence-electron chi connectivity index (χ2n) is 2.31. The highest BCUT2D eigenvalue weighted by molar-refractivity contribution is 5.85. The van der Waals surface area contributed by atoms with E-state index < -0.39 is 11.5 Å². The summed E-state index contributed by atoms with van der Waals surface area (Å²) >= 11 is 0. The van der Waals surface area contributed by atoms with Gasteiger partial charge in [0, 0.05) is 0 Å². The monoisotopic (exact) mass is 187 g/mol. The average Bonchev–Trinajstić information content (AvgIpc) is 1.60. The van der Waals surface area contributed by atoms with Crippen molar-refractivity contribution >= 4 is 30.8 Å². The zero-order valence-electron chi connectivity index (χ0n) is 5.37. The lowest BCUT2D eigenvalue weighted by molar-refractivity contribution is -0.146. The Hall–Kier alpha value is 0.01000. The van der Waals surface area contributed by atoms with Gasteiger partial charge in [-0.25, -0.2) is 0 Å². The second kappa shape index (κ2) is 4.01. The van der Waals surface area contributed by atoms with Crippen LogP contribution >= 0.6 is 24.8 Å². The molecule has 0 aromatic heterocycles. The van der Waals surface area contributed by atoms with Crippen LogP contribution in [-0.2, 0) is 4.79 Å². The van der Waals surface area contributed by atoms with Crippen LogP contribution in [0.5, 0.6) is 0 Å². The van der Waals surface area contributed by atoms with Crippen molar-refractivity contribution in [1.29, 1.82) is 0 Å². The summed E-state index contributed by atoms with van der Waals surface area (Å²) in [5.74, 6) is -0.858. The molecule has 5 heteroatoms. The van der Waals surface area contributed by atoms with E-state index >= 15 is 0 Å². The Balaban J connectivity index is 0. The molecule has 0 aromatic carbocycles. The molecular formula is C5H11Cl2NO2. The van der Waals surface area contributed by atoms with Gasteiger partial charge in [0.05, 0.1) is 0 Å². The van der Waals surface area contributed by atoms with Crippen LogP contribution in [0.15, 0.2) is 0 Å². The molecule has 0 heterocycles. The standard InChI is InChI=1S/C5H9NO2.2ClH/c6-5(4(7)8)2-1-3-5;;/h1-3,6H2,(H,7,8);2*1H. The normalized spacial score (nSPS) is 19.3. The summed E-state index contributed by atoms with van der Waals surface area (Å²) in [5, 5.41) is 8.37. The van der Waals surface area contributed by atoms with Crippen molar-refractivity contribution < 1.29 is 9.90 Å². The summed E-state index contributed by atoms with van der Waals surface area (Å²) in [4.78, 5) is 10.2. The Kier molecular flexibility index (Phi) is 5.08. The SMILES string of the molecule is Cl.Cl.NC1(C(=O)O)CCC1. The van der Waals surface area contributed by atoms with Gasteiger partial charge < -0.3 is 10.8 Å². The van der Waals surface area contributed by atoms with Gasteiger partial charge in [0.1, 0.15) is 5.54 Å². The van der Waals surface area contributed by atoms with Gasteiger partial charge in [-0.2, -0.15) is 0 Å². The van der Waals surface area contributed by atoms with E-state index in [0.717, 1.165) is 6.42 Å². The lowest BCUT2D eigenvalue weighted by Crippen LogP contribution is -2.53. The number of carboxylic acids is 1. The molecule has 3 N–H and O–H groups in total. The molecule has 0 aliphatic heterocycles.